The summed E-state index contributed by atoms with van der Waals surface area (Å²) in [6, 6.07) is 0.0771. The lowest BCUT2D eigenvalue weighted by Crippen LogP contribution is -2.41. The van der Waals surface area contributed by atoms with Crippen LogP contribution in [0.1, 0.15) is 29.8 Å². The Kier molecular flexibility index (Phi) is 4.09. The summed E-state index contributed by atoms with van der Waals surface area (Å²) in [7, 11) is 3.43. The normalized spacial score (nSPS) is 22.8. The summed E-state index contributed by atoms with van der Waals surface area (Å²) >= 11 is 0. The molecule has 1 amide bonds. The molecule has 6 nitrogen and oxygen atoms in total. The molecule has 2 N–H and O–H groups in total. The summed E-state index contributed by atoms with van der Waals surface area (Å²) < 4.78 is 5.34. The number of hydrogen-bond donors (Lipinski definition) is 2. The Morgan fingerprint density at radius 1 is 1.39 bits per heavy atom. The minimum atomic E-state index is -0.195. The monoisotopic (exact) mass is 250 g/mol. The van der Waals surface area contributed by atoms with Gasteiger partial charge in [0.25, 0.3) is 5.91 Å². The van der Waals surface area contributed by atoms with E-state index in [1.807, 2.05) is 0 Å². The molecule has 18 heavy (non-hydrogen) atoms. The third-order valence-corrected chi connectivity index (χ3v) is 3.21. The standard InChI is InChI=1S/C12H18N4O2/c1-13-11-7-14-9(6-15-11)12(17)16-8-4-3-5-10(8)18-2/h6-8,10H,3-5H2,1-2H3,(H,13,15)(H,16,17). The van der Waals surface area contributed by atoms with Crippen molar-refractivity contribution in [2.24, 2.45) is 0 Å². The number of anilines is 1. The summed E-state index contributed by atoms with van der Waals surface area (Å²) in [6.07, 6.45) is 6.14. The Bertz CT molecular complexity index is 407. The van der Waals surface area contributed by atoms with Gasteiger partial charge in [-0.3, -0.25) is 4.79 Å². The molecular weight excluding hydrogens is 232 g/mol. The summed E-state index contributed by atoms with van der Waals surface area (Å²) in [6.45, 7) is 0. The molecule has 1 aliphatic rings. The molecule has 0 aliphatic heterocycles. The predicted molar refractivity (Wildman–Crippen MR) is 67.5 cm³/mol. The fourth-order valence-electron chi connectivity index (χ4n) is 2.19. The number of hydrogen-bond acceptors (Lipinski definition) is 5. The molecule has 1 aromatic rings. The van der Waals surface area contributed by atoms with Crippen molar-refractivity contribution in [1.82, 2.24) is 15.3 Å². The first kappa shape index (κ1) is 12.8. The van der Waals surface area contributed by atoms with E-state index in [4.69, 9.17) is 4.74 Å². The first-order chi connectivity index (χ1) is 8.74. The maximum absolute atomic E-state index is 12.0. The largest absolute Gasteiger partial charge is 0.379 e. The summed E-state index contributed by atoms with van der Waals surface area (Å²) in [4.78, 5) is 20.1. The maximum atomic E-state index is 12.0. The number of carbonyl (C=O) groups is 1. The number of amides is 1. The van der Waals surface area contributed by atoms with Crippen molar-refractivity contribution < 1.29 is 9.53 Å². The zero-order chi connectivity index (χ0) is 13.0. The Labute approximate surface area is 106 Å². The van der Waals surface area contributed by atoms with Gasteiger partial charge in [0.1, 0.15) is 11.5 Å². The molecule has 1 saturated carbocycles. The zero-order valence-electron chi connectivity index (χ0n) is 10.6. The van der Waals surface area contributed by atoms with E-state index in [0.29, 0.717) is 11.5 Å². The van der Waals surface area contributed by atoms with E-state index in [1.54, 1.807) is 14.2 Å². The molecule has 2 rings (SSSR count). The Morgan fingerprint density at radius 2 is 2.22 bits per heavy atom. The minimum absolute atomic E-state index is 0.0771. The van der Waals surface area contributed by atoms with Gasteiger partial charge in [0.2, 0.25) is 0 Å². The predicted octanol–water partition coefficient (Wildman–Crippen LogP) is 0.816. The molecule has 0 radical (unpaired) electrons. The Hall–Kier alpha value is -1.69. The van der Waals surface area contributed by atoms with Crippen molar-refractivity contribution in [2.75, 3.05) is 19.5 Å². The molecule has 0 spiro atoms. The van der Waals surface area contributed by atoms with Crippen molar-refractivity contribution in [2.45, 2.75) is 31.4 Å². The molecular formula is C12H18N4O2. The molecule has 1 fully saturated rings. The van der Waals surface area contributed by atoms with Crippen molar-refractivity contribution in [3.8, 4) is 0 Å². The molecule has 2 unspecified atom stereocenters. The van der Waals surface area contributed by atoms with Crippen LogP contribution in [0, 0.1) is 0 Å². The van der Waals surface area contributed by atoms with Crippen LogP contribution >= 0.6 is 0 Å². The van der Waals surface area contributed by atoms with Crippen molar-refractivity contribution >= 4 is 11.7 Å². The smallest absolute Gasteiger partial charge is 0.271 e. The summed E-state index contributed by atoms with van der Waals surface area (Å²) in [5.74, 6) is 0.446. The first-order valence-corrected chi connectivity index (χ1v) is 6.08. The van der Waals surface area contributed by atoms with E-state index in [9.17, 15) is 4.79 Å². The van der Waals surface area contributed by atoms with Crippen LogP contribution in [-0.2, 0) is 4.74 Å². The average Bonchev–Trinajstić information content (AvgIpc) is 2.86. The molecule has 0 aromatic carbocycles. The lowest BCUT2D eigenvalue weighted by Gasteiger charge is -2.19. The molecule has 6 heteroatoms. The third kappa shape index (κ3) is 2.76. The number of carbonyl (C=O) groups excluding carboxylic acids is 1. The average molecular weight is 250 g/mol. The van der Waals surface area contributed by atoms with Crippen molar-refractivity contribution in [3.05, 3.63) is 18.1 Å². The third-order valence-electron chi connectivity index (χ3n) is 3.21. The van der Waals surface area contributed by atoms with Gasteiger partial charge < -0.3 is 15.4 Å². The number of ether oxygens (including phenoxy) is 1. The highest BCUT2D eigenvalue weighted by Crippen LogP contribution is 2.21. The van der Waals surface area contributed by atoms with Crippen LogP contribution in [0.4, 0.5) is 5.82 Å². The van der Waals surface area contributed by atoms with E-state index in [2.05, 4.69) is 20.6 Å². The fourth-order valence-corrected chi connectivity index (χ4v) is 2.19. The van der Waals surface area contributed by atoms with E-state index in [-0.39, 0.29) is 18.1 Å². The van der Waals surface area contributed by atoms with Crippen LogP contribution in [0.2, 0.25) is 0 Å². The highest BCUT2D eigenvalue weighted by atomic mass is 16.5. The summed E-state index contributed by atoms with van der Waals surface area (Å²) in [5, 5.41) is 5.80. The molecule has 1 heterocycles. The van der Waals surface area contributed by atoms with Gasteiger partial charge in [-0.2, -0.15) is 0 Å². The van der Waals surface area contributed by atoms with Crippen LogP contribution in [0.15, 0.2) is 12.4 Å². The maximum Gasteiger partial charge on any atom is 0.271 e. The minimum Gasteiger partial charge on any atom is -0.379 e. The zero-order valence-corrected chi connectivity index (χ0v) is 10.6. The van der Waals surface area contributed by atoms with Crippen LogP contribution in [0.25, 0.3) is 0 Å². The van der Waals surface area contributed by atoms with Crippen molar-refractivity contribution in [1.29, 1.82) is 0 Å². The molecule has 0 saturated heterocycles. The topological polar surface area (TPSA) is 76.1 Å². The number of nitrogens with one attached hydrogen (secondary N) is 2. The molecule has 0 bridgehead atoms. The van der Waals surface area contributed by atoms with Gasteiger partial charge in [0, 0.05) is 14.2 Å². The van der Waals surface area contributed by atoms with Gasteiger partial charge in [-0.15, -0.1) is 0 Å². The first-order valence-electron chi connectivity index (χ1n) is 6.08. The second-order valence-corrected chi connectivity index (χ2v) is 4.32. The second-order valence-electron chi connectivity index (χ2n) is 4.32. The molecule has 98 valence electrons. The fraction of sp³-hybridized carbons (Fsp3) is 0.583. The highest BCUT2D eigenvalue weighted by molar-refractivity contribution is 5.92. The number of methoxy groups -OCH3 is 1. The van der Waals surface area contributed by atoms with E-state index >= 15 is 0 Å². The van der Waals surface area contributed by atoms with E-state index < -0.39 is 0 Å². The van der Waals surface area contributed by atoms with Gasteiger partial charge in [-0.1, -0.05) is 0 Å². The van der Waals surface area contributed by atoms with Crippen LogP contribution in [-0.4, -0.2) is 42.2 Å². The van der Waals surface area contributed by atoms with E-state index in [1.165, 1.54) is 12.4 Å². The summed E-state index contributed by atoms with van der Waals surface area (Å²) in [5.41, 5.74) is 0.329. The van der Waals surface area contributed by atoms with Gasteiger partial charge in [-0.25, -0.2) is 9.97 Å². The van der Waals surface area contributed by atoms with Crippen LogP contribution in [0.5, 0.6) is 0 Å². The highest BCUT2D eigenvalue weighted by Gasteiger charge is 2.28. The quantitative estimate of drug-likeness (QED) is 0.827. The Balaban J connectivity index is 1.98. The number of aromatic nitrogens is 2. The van der Waals surface area contributed by atoms with Gasteiger partial charge in [0.05, 0.1) is 24.5 Å². The van der Waals surface area contributed by atoms with Crippen LogP contribution < -0.4 is 10.6 Å². The molecule has 2 atom stereocenters. The van der Waals surface area contributed by atoms with Gasteiger partial charge in [0.15, 0.2) is 0 Å². The molecule has 1 aromatic heterocycles. The van der Waals surface area contributed by atoms with Gasteiger partial charge in [-0.05, 0) is 19.3 Å². The lowest BCUT2D eigenvalue weighted by molar-refractivity contribution is 0.0719. The van der Waals surface area contributed by atoms with Crippen molar-refractivity contribution in [3.63, 3.8) is 0 Å². The number of nitrogens with zero attached hydrogens (tertiary/aromatic N) is 2. The number of rotatable bonds is 4. The Morgan fingerprint density at radius 3 is 2.83 bits per heavy atom. The van der Waals surface area contributed by atoms with Crippen LogP contribution in [0.3, 0.4) is 0 Å². The molecule has 1 aliphatic carbocycles. The van der Waals surface area contributed by atoms with Gasteiger partial charge >= 0.3 is 0 Å². The lowest BCUT2D eigenvalue weighted by atomic mass is 10.2. The van der Waals surface area contributed by atoms with E-state index in [0.717, 1.165) is 19.3 Å². The second kappa shape index (κ2) is 5.77. The SMILES string of the molecule is CNc1cnc(C(=O)NC2CCCC2OC)cn1.